The van der Waals surface area contributed by atoms with Crippen molar-refractivity contribution in [3.8, 4) is 11.8 Å². The van der Waals surface area contributed by atoms with Gasteiger partial charge in [-0.3, -0.25) is 0 Å². The van der Waals surface area contributed by atoms with Crippen LogP contribution in [0.2, 0.25) is 0 Å². The number of carbonyl (C=O) groups excluding carboxylic acids is 1. The van der Waals surface area contributed by atoms with Crippen molar-refractivity contribution in [2.24, 2.45) is 0 Å². The summed E-state index contributed by atoms with van der Waals surface area (Å²) in [5, 5.41) is 0.854. The van der Waals surface area contributed by atoms with Gasteiger partial charge < -0.3 is 9.72 Å². The normalized spacial score (nSPS) is 9.65. The molecule has 1 N–H and O–H groups in total. The van der Waals surface area contributed by atoms with E-state index in [1.165, 1.54) is 0 Å². The second-order valence-corrected chi connectivity index (χ2v) is 4.38. The van der Waals surface area contributed by atoms with Gasteiger partial charge in [-0.1, -0.05) is 27.8 Å². The van der Waals surface area contributed by atoms with Crippen molar-refractivity contribution >= 4 is 21.9 Å². The highest BCUT2D eigenvalue weighted by atomic mass is 79.9. The number of esters is 1. The monoisotopic (exact) mass is 297 g/mol. The Bertz CT molecular complexity index is 466. The molecule has 17 heavy (non-hydrogen) atoms. The minimum Gasteiger partial charge on any atom is -0.461 e. The van der Waals surface area contributed by atoms with Gasteiger partial charge >= 0.3 is 5.97 Å². The van der Waals surface area contributed by atoms with Gasteiger partial charge in [-0.15, -0.1) is 0 Å². The van der Waals surface area contributed by atoms with Crippen molar-refractivity contribution in [2.75, 3.05) is 11.9 Å². The summed E-state index contributed by atoms with van der Waals surface area (Å²) < 4.78 is 4.98. The van der Waals surface area contributed by atoms with Crippen molar-refractivity contribution in [1.29, 1.82) is 0 Å². The molecule has 0 saturated heterocycles. The lowest BCUT2D eigenvalue weighted by molar-refractivity contribution is 0.0519. The third kappa shape index (κ3) is 3.37. The molecule has 0 bridgehead atoms. The average Bonchev–Trinajstić information content (AvgIpc) is 2.57. The lowest BCUT2D eigenvalue weighted by Gasteiger charge is -1.99. The fourth-order valence-electron chi connectivity index (χ4n) is 1.54. The van der Waals surface area contributed by atoms with Gasteiger partial charge in [0, 0.05) is 23.0 Å². The molecular weight excluding hydrogens is 282 g/mol. The zero-order valence-corrected chi connectivity index (χ0v) is 11.9. The van der Waals surface area contributed by atoms with E-state index in [1.54, 1.807) is 6.92 Å². The number of ether oxygens (including phenoxy) is 1. The summed E-state index contributed by atoms with van der Waals surface area (Å²) in [7, 11) is 0. The minimum atomic E-state index is -0.318. The zero-order chi connectivity index (χ0) is 12.8. The standard InChI is InChI=1S/C13H16BrNO2/c1-4-17-13(16)12-9(2)11(10(3)15-12)7-5-6-8-14/h15H,4,6,8H2,1-3H3. The molecule has 0 aromatic carbocycles. The Labute approximate surface area is 110 Å². The quantitative estimate of drug-likeness (QED) is 0.529. The molecule has 1 rings (SSSR count). The Morgan fingerprint density at radius 1 is 1.47 bits per heavy atom. The number of aryl methyl sites for hydroxylation is 1. The molecule has 1 aromatic heterocycles. The maximum atomic E-state index is 11.7. The highest BCUT2D eigenvalue weighted by molar-refractivity contribution is 9.09. The predicted molar refractivity (Wildman–Crippen MR) is 71.5 cm³/mol. The number of alkyl halides is 1. The number of aromatic nitrogens is 1. The summed E-state index contributed by atoms with van der Waals surface area (Å²) in [6.07, 6.45) is 0.790. The Balaban J connectivity index is 3.03. The largest absolute Gasteiger partial charge is 0.461 e. The summed E-state index contributed by atoms with van der Waals surface area (Å²) in [5.74, 6) is 5.81. The van der Waals surface area contributed by atoms with E-state index in [0.717, 1.165) is 28.6 Å². The Hall–Kier alpha value is -1.21. The van der Waals surface area contributed by atoms with E-state index in [0.29, 0.717) is 12.3 Å². The maximum Gasteiger partial charge on any atom is 0.355 e. The van der Waals surface area contributed by atoms with Gasteiger partial charge in [0.2, 0.25) is 0 Å². The van der Waals surface area contributed by atoms with Crippen LogP contribution in [-0.4, -0.2) is 22.9 Å². The topological polar surface area (TPSA) is 42.1 Å². The van der Waals surface area contributed by atoms with E-state index in [4.69, 9.17) is 4.74 Å². The molecule has 0 fully saturated rings. The molecule has 4 heteroatoms. The van der Waals surface area contributed by atoms with Crippen molar-refractivity contribution < 1.29 is 9.53 Å². The molecular formula is C13H16BrNO2. The average molecular weight is 298 g/mol. The number of hydrogen-bond donors (Lipinski definition) is 1. The molecule has 92 valence electrons. The molecule has 3 nitrogen and oxygen atoms in total. The molecule has 0 radical (unpaired) electrons. The first kappa shape index (κ1) is 13.9. The second-order valence-electron chi connectivity index (χ2n) is 3.59. The molecule has 0 spiro atoms. The predicted octanol–water partition coefficient (Wildman–Crippen LogP) is 2.94. The van der Waals surface area contributed by atoms with E-state index in [-0.39, 0.29) is 5.97 Å². The van der Waals surface area contributed by atoms with Crippen LogP contribution in [0.4, 0.5) is 0 Å². The van der Waals surface area contributed by atoms with Crippen LogP contribution in [-0.2, 0) is 4.74 Å². The number of nitrogens with one attached hydrogen (secondary N) is 1. The number of hydrogen-bond acceptors (Lipinski definition) is 2. The fourth-order valence-corrected chi connectivity index (χ4v) is 1.74. The summed E-state index contributed by atoms with van der Waals surface area (Å²) in [6.45, 7) is 5.96. The van der Waals surface area contributed by atoms with Crippen molar-refractivity contribution in [3.63, 3.8) is 0 Å². The van der Waals surface area contributed by atoms with Crippen molar-refractivity contribution in [2.45, 2.75) is 27.2 Å². The first-order valence-electron chi connectivity index (χ1n) is 5.52. The van der Waals surface area contributed by atoms with E-state index >= 15 is 0 Å². The van der Waals surface area contributed by atoms with Gasteiger partial charge in [-0.25, -0.2) is 4.79 Å². The van der Waals surface area contributed by atoms with E-state index in [1.807, 2.05) is 13.8 Å². The van der Waals surface area contributed by atoms with Gasteiger partial charge in [0.15, 0.2) is 0 Å². The smallest absolute Gasteiger partial charge is 0.355 e. The number of H-pyrrole nitrogens is 1. The van der Waals surface area contributed by atoms with Crippen LogP contribution in [0, 0.1) is 25.7 Å². The SMILES string of the molecule is CCOC(=O)c1[nH]c(C)c(C#CCCBr)c1C. The lowest BCUT2D eigenvalue weighted by Crippen LogP contribution is -2.06. The van der Waals surface area contributed by atoms with Gasteiger partial charge in [0.05, 0.1) is 6.61 Å². The fraction of sp³-hybridized carbons (Fsp3) is 0.462. The molecule has 0 saturated carbocycles. The third-order valence-electron chi connectivity index (χ3n) is 2.35. The molecule has 0 unspecified atom stereocenters. The van der Waals surface area contributed by atoms with Gasteiger partial charge in [0.25, 0.3) is 0 Å². The number of aromatic amines is 1. The van der Waals surface area contributed by atoms with E-state index in [9.17, 15) is 4.79 Å². The number of rotatable bonds is 3. The van der Waals surface area contributed by atoms with Crippen LogP contribution in [0.5, 0.6) is 0 Å². The first-order valence-corrected chi connectivity index (χ1v) is 6.65. The number of carbonyl (C=O) groups is 1. The molecule has 0 atom stereocenters. The Morgan fingerprint density at radius 3 is 2.76 bits per heavy atom. The number of halogens is 1. The second kappa shape index (κ2) is 6.51. The summed E-state index contributed by atoms with van der Waals surface area (Å²) in [6, 6.07) is 0. The molecule has 1 aromatic rings. The van der Waals surface area contributed by atoms with Crippen molar-refractivity contribution in [1.82, 2.24) is 4.98 Å². The van der Waals surface area contributed by atoms with E-state index < -0.39 is 0 Å². The lowest BCUT2D eigenvalue weighted by atomic mass is 10.1. The Kier molecular flexibility index (Phi) is 5.30. The molecule has 1 heterocycles. The zero-order valence-electron chi connectivity index (χ0n) is 10.3. The van der Waals surface area contributed by atoms with Gasteiger partial charge in [0.1, 0.15) is 5.69 Å². The Morgan fingerprint density at radius 2 is 2.18 bits per heavy atom. The summed E-state index contributed by atoms with van der Waals surface area (Å²) >= 11 is 3.32. The molecule has 0 aliphatic carbocycles. The molecule has 0 aliphatic heterocycles. The minimum absolute atomic E-state index is 0.318. The van der Waals surface area contributed by atoms with Gasteiger partial charge in [-0.05, 0) is 26.3 Å². The highest BCUT2D eigenvalue weighted by Gasteiger charge is 2.16. The van der Waals surface area contributed by atoms with Crippen LogP contribution < -0.4 is 0 Å². The summed E-state index contributed by atoms with van der Waals surface area (Å²) in [4.78, 5) is 14.7. The van der Waals surface area contributed by atoms with Gasteiger partial charge in [-0.2, -0.15) is 0 Å². The van der Waals surface area contributed by atoms with Crippen molar-refractivity contribution in [3.05, 3.63) is 22.5 Å². The van der Waals surface area contributed by atoms with Crippen LogP contribution in [0.1, 0.15) is 40.7 Å². The summed E-state index contributed by atoms with van der Waals surface area (Å²) in [5.41, 5.74) is 3.18. The highest BCUT2D eigenvalue weighted by Crippen LogP contribution is 2.17. The first-order chi connectivity index (χ1) is 8.11. The van der Waals surface area contributed by atoms with Crippen LogP contribution in [0.15, 0.2) is 0 Å². The van der Waals surface area contributed by atoms with E-state index in [2.05, 4.69) is 32.8 Å². The van der Waals surface area contributed by atoms with Crippen LogP contribution in [0.3, 0.4) is 0 Å². The van der Waals surface area contributed by atoms with Crippen LogP contribution >= 0.6 is 15.9 Å². The maximum absolute atomic E-state index is 11.7. The van der Waals surface area contributed by atoms with Crippen LogP contribution in [0.25, 0.3) is 0 Å². The third-order valence-corrected chi connectivity index (χ3v) is 2.75. The molecule has 0 amide bonds. The molecule has 0 aliphatic rings.